The maximum atomic E-state index is 11.6. The van der Waals surface area contributed by atoms with Gasteiger partial charge < -0.3 is 4.74 Å². The summed E-state index contributed by atoms with van der Waals surface area (Å²) >= 11 is 3.63. The summed E-state index contributed by atoms with van der Waals surface area (Å²) in [6.45, 7) is 2.25. The van der Waals surface area contributed by atoms with Crippen molar-refractivity contribution < 1.29 is 9.53 Å². The Morgan fingerprint density at radius 1 is 1.37 bits per heavy atom. The molecule has 0 bridgehead atoms. The first kappa shape index (κ1) is 14.1. The van der Waals surface area contributed by atoms with Gasteiger partial charge in [-0.1, -0.05) is 64.5 Å². The van der Waals surface area contributed by atoms with E-state index in [-0.39, 0.29) is 10.3 Å². The molecular weight excluding hydrogens is 304 g/mol. The molecule has 1 atom stereocenters. The largest absolute Gasteiger partial charge is 0.466 e. The van der Waals surface area contributed by atoms with Gasteiger partial charge in [-0.25, -0.2) is 0 Å². The molecule has 0 saturated heterocycles. The first-order valence-electron chi connectivity index (χ1n) is 6.42. The van der Waals surface area contributed by atoms with Gasteiger partial charge in [-0.15, -0.1) is 0 Å². The number of alkyl halides is 1. The van der Waals surface area contributed by atoms with Crippen LogP contribution in [0.15, 0.2) is 48.6 Å². The van der Waals surface area contributed by atoms with Crippen LogP contribution in [0.5, 0.6) is 0 Å². The highest BCUT2D eigenvalue weighted by molar-refractivity contribution is 9.10. The Morgan fingerprint density at radius 3 is 2.68 bits per heavy atom. The van der Waals surface area contributed by atoms with Crippen molar-refractivity contribution in [3.8, 4) is 0 Å². The monoisotopic (exact) mass is 320 g/mol. The number of carbonyl (C=O) groups excluding carboxylic acids is 1. The van der Waals surface area contributed by atoms with E-state index in [2.05, 4.69) is 40.2 Å². The summed E-state index contributed by atoms with van der Waals surface area (Å²) in [5, 5.41) is 0. The second-order valence-corrected chi connectivity index (χ2v) is 6.16. The predicted molar refractivity (Wildman–Crippen MR) is 81.1 cm³/mol. The highest BCUT2D eigenvalue weighted by Crippen LogP contribution is 2.35. The third-order valence-electron chi connectivity index (χ3n) is 3.07. The lowest BCUT2D eigenvalue weighted by atomic mass is 9.91. The number of allylic oxidation sites excluding steroid dienone is 4. The Morgan fingerprint density at radius 2 is 2.11 bits per heavy atom. The molecule has 0 heterocycles. The van der Waals surface area contributed by atoms with Crippen LogP contribution in [0.2, 0.25) is 0 Å². The van der Waals surface area contributed by atoms with Crippen molar-refractivity contribution in [2.75, 3.05) is 6.61 Å². The summed E-state index contributed by atoms with van der Waals surface area (Å²) in [6.07, 6.45) is 7.41. The van der Waals surface area contributed by atoms with Gasteiger partial charge in [0.25, 0.3) is 0 Å². The minimum atomic E-state index is -0.308. The molecule has 3 heteroatoms. The zero-order valence-corrected chi connectivity index (χ0v) is 12.5. The van der Waals surface area contributed by atoms with Crippen LogP contribution in [-0.2, 0) is 9.53 Å². The van der Waals surface area contributed by atoms with Crippen molar-refractivity contribution >= 4 is 27.5 Å². The Balaban J connectivity index is 2.04. The first-order chi connectivity index (χ1) is 9.13. The number of ether oxygens (including phenoxy) is 1. The van der Waals surface area contributed by atoms with Crippen molar-refractivity contribution in [1.29, 1.82) is 0 Å². The van der Waals surface area contributed by atoms with Gasteiger partial charge in [-0.2, -0.15) is 0 Å². The molecule has 0 aliphatic heterocycles. The lowest BCUT2D eigenvalue weighted by Gasteiger charge is -2.25. The highest BCUT2D eigenvalue weighted by Gasteiger charge is 2.28. The number of rotatable bonds is 4. The topological polar surface area (TPSA) is 26.3 Å². The van der Waals surface area contributed by atoms with Gasteiger partial charge in [-0.3, -0.25) is 4.79 Å². The van der Waals surface area contributed by atoms with Crippen molar-refractivity contribution in [2.45, 2.75) is 24.1 Å². The Bertz CT molecular complexity index is 505. The number of hydrogen-bond donors (Lipinski definition) is 0. The molecule has 2 rings (SSSR count). The number of hydrogen-bond acceptors (Lipinski definition) is 2. The summed E-state index contributed by atoms with van der Waals surface area (Å²) in [5.74, 6) is -0.166. The highest BCUT2D eigenvalue weighted by atomic mass is 79.9. The molecule has 0 saturated carbocycles. The Kier molecular flexibility index (Phi) is 4.59. The molecule has 0 radical (unpaired) electrons. The van der Waals surface area contributed by atoms with Gasteiger partial charge in [0.2, 0.25) is 0 Å². The molecule has 0 aromatic heterocycles. The SMILES string of the molecule is CCOC(=O)CC1(Br)C=CC(c2ccccc2)=CC1. The van der Waals surface area contributed by atoms with Gasteiger partial charge in [0, 0.05) is 0 Å². The van der Waals surface area contributed by atoms with E-state index in [0.29, 0.717) is 13.0 Å². The van der Waals surface area contributed by atoms with Crippen LogP contribution < -0.4 is 0 Å². The Hall–Kier alpha value is -1.35. The van der Waals surface area contributed by atoms with E-state index in [4.69, 9.17) is 4.74 Å². The van der Waals surface area contributed by atoms with E-state index in [1.54, 1.807) is 0 Å². The molecule has 0 amide bonds. The Labute approximate surface area is 122 Å². The second kappa shape index (κ2) is 6.20. The molecule has 100 valence electrons. The van der Waals surface area contributed by atoms with E-state index in [1.807, 2.05) is 31.2 Å². The number of esters is 1. The minimum Gasteiger partial charge on any atom is -0.466 e. The van der Waals surface area contributed by atoms with E-state index in [1.165, 1.54) is 11.1 Å². The average Bonchev–Trinajstić information content (AvgIpc) is 2.40. The van der Waals surface area contributed by atoms with Crippen LogP contribution in [0.4, 0.5) is 0 Å². The standard InChI is InChI=1S/C16H17BrO2/c1-2-19-15(18)12-16(17)10-8-14(9-11-16)13-6-4-3-5-7-13/h3-10H,2,11-12H2,1H3. The van der Waals surface area contributed by atoms with E-state index >= 15 is 0 Å². The van der Waals surface area contributed by atoms with Gasteiger partial charge in [0.05, 0.1) is 17.4 Å². The number of carbonyl (C=O) groups is 1. The molecule has 1 aliphatic carbocycles. The van der Waals surface area contributed by atoms with Gasteiger partial charge in [0.15, 0.2) is 0 Å². The summed E-state index contributed by atoms with van der Waals surface area (Å²) in [6, 6.07) is 10.2. The summed E-state index contributed by atoms with van der Waals surface area (Å²) < 4.78 is 4.69. The predicted octanol–water partition coefficient (Wildman–Crippen LogP) is 4.12. The molecule has 0 spiro atoms. The maximum Gasteiger partial charge on any atom is 0.307 e. The molecule has 0 fully saturated rings. The van der Waals surface area contributed by atoms with Gasteiger partial charge in [0.1, 0.15) is 0 Å². The summed E-state index contributed by atoms with van der Waals surface area (Å²) in [4.78, 5) is 11.6. The van der Waals surface area contributed by atoms with Gasteiger partial charge in [-0.05, 0) is 24.5 Å². The fourth-order valence-corrected chi connectivity index (χ4v) is 2.61. The first-order valence-corrected chi connectivity index (χ1v) is 7.21. The van der Waals surface area contributed by atoms with Crippen molar-refractivity contribution in [2.24, 2.45) is 0 Å². The van der Waals surface area contributed by atoms with E-state index in [0.717, 1.165) is 6.42 Å². The minimum absolute atomic E-state index is 0.166. The molecule has 19 heavy (non-hydrogen) atoms. The lowest BCUT2D eigenvalue weighted by Crippen LogP contribution is -2.24. The zero-order valence-electron chi connectivity index (χ0n) is 10.9. The smallest absolute Gasteiger partial charge is 0.307 e. The van der Waals surface area contributed by atoms with Crippen molar-refractivity contribution in [3.63, 3.8) is 0 Å². The molecule has 1 aromatic rings. The van der Waals surface area contributed by atoms with E-state index in [9.17, 15) is 4.79 Å². The molecular formula is C16H17BrO2. The molecule has 1 aromatic carbocycles. The number of halogens is 1. The van der Waals surface area contributed by atoms with Crippen molar-refractivity contribution in [1.82, 2.24) is 0 Å². The van der Waals surface area contributed by atoms with Crippen LogP contribution in [-0.4, -0.2) is 16.9 Å². The van der Waals surface area contributed by atoms with Gasteiger partial charge >= 0.3 is 5.97 Å². The third-order valence-corrected chi connectivity index (χ3v) is 3.94. The van der Waals surface area contributed by atoms with Crippen LogP contribution in [0.25, 0.3) is 5.57 Å². The number of benzene rings is 1. The van der Waals surface area contributed by atoms with Crippen LogP contribution in [0.3, 0.4) is 0 Å². The molecule has 1 unspecified atom stereocenters. The quantitative estimate of drug-likeness (QED) is 0.616. The lowest BCUT2D eigenvalue weighted by molar-refractivity contribution is -0.143. The summed E-state index contributed by atoms with van der Waals surface area (Å²) in [7, 11) is 0. The molecule has 2 nitrogen and oxygen atoms in total. The normalized spacial score (nSPS) is 21.9. The van der Waals surface area contributed by atoms with Crippen LogP contribution in [0.1, 0.15) is 25.3 Å². The maximum absolute atomic E-state index is 11.6. The van der Waals surface area contributed by atoms with Crippen LogP contribution in [0, 0.1) is 0 Å². The molecule has 1 aliphatic rings. The average molecular weight is 321 g/mol. The van der Waals surface area contributed by atoms with Crippen molar-refractivity contribution in [3.05, 3.63) is 54.1 Å². The van der Waals surface area contributed by atoms with Crippen LogP contribution >= 0.6 is 15.9 Å². The third kappa shape index (κ3) is 3.80. The zero-order chi connectivity index (χ0) is 13.7. The fraction of sp³-hybridized carbons (Fsp3) is 0.312. The summed E-state index contributed by atoms with van der Waals surface area (Å²) in [5.41, 5.74) is 2.39. The fourth-order valence-electron chi connectivity index (χ4n) is 2.08. The molecule has 0 N–H and O–H groups in total. The van der Waals surface area contributed by atoms with E-state index < -0.39 is 0 Å². The second-order valence-electron chi connectivity index (χ2n) is 4.58.